The number of thioether (sulfide) groups is 3. The van der Waals surface area contributed by atoms with Crippen LogP contribution in [0.2, 0.25) is 0 Å². The summed E-state index contributed by atoms with van der Waals surface area (Å²) in [4.78, 5) is 7.92. The summed E-state index contributed by atoms with van der Waals surface area (Å²) < 4.78 is 0. The Morgan fingerprint density at radius 3 is 2.21 bits per heavy atom. The molecule has 1 rings (SSSR count). The third kappa shape index (κ3) is 3.44. The monoisotopic (exact) mass is 248 g/mol. The molecule has 5 heteroatoms. The summed E-state index contributed by atoms with van der Waals surface area (Å²) >= 11 is 5.42. The first-order valence-corrected chi connectivity index (χ1v) is 7.75. The lowest BCUT2D eigenvalue weighted by Gasteiger charge is -1.96. The molecule has 0 aliphatic rings. The molecule has 0 radical (unpaired) electrons. The van der Waals surface area contributed by atoms with Gasteiger partial charge in [0.05, 0.1) is 0 Å². The maximum absolute atomic E-state index is 4.56. The van der Waals surface area contributed by atoms with Gasteiger partial charge in [-0.05, 0) is 17.3 Å². The number of hydrogen-bond acceptors (Lipinski definition) is 4. The second-order valence-electron chi connectivity index (χ2n) is 2.48. The predicted octanol–water partition coefficient (Wildman–Crippen LogP) is 3.75. The first-order valence-electron chi connectivity index (χ1n) is 4.80. The van der Waals surface area contributed by atoms with Gasteiger partial charge in [-0.3, -0.25) is 0 Å². The molecule has 0 aliphatic carbocycles. The van der Waals surface area contributed by atoms with Crippen LogP contribution in [0.25, 0.3) is 0 Å². The molecule has 0 saturated heterocycles. The van der Waals surface area contributed by atoms with Crippen molar-refractivity contribution < 1.29 is 0 Å². The molecule has 0 bridgehead atoms. The first kappa shape index (κ1) is 12.3. The van der Waals surface area contributed by atoms with Gasteiger partial charge >= 0.3 is 0 Å². The lowest BCUT2D eigenvalue weighted by Crippen LogP contribution is -1.77. The second-order valence-corrected chi connectivity index (χ2v) is 6.25. The van der Waals surface area contributed by atoms with Gasteiger partial charge in [-0.2, -0.15) is 0 Å². The Labute approximate surface area is 98.4 Å². The summed E-state index contributed by atoms with van der Waals surface area (Å²) in [5.41, 5.74) is 0. The second kappa shape index (κ2) is 6.69. The quantitative estimate of drug-likeness (QED) is 0.776. The fraction of sp³-hybridized carbons (Fsp3) is 0.667. The van der Waals surface area contributed by atoms with Crippen LogP contribution in [-0.4, -0.2) is 27.2 Å². The topological polar surface area (TPSA) is 28.7 Å². The Hall–Kier alpha value is 0.260. The Bertz CT molecular complexity index is 250. The van der Waals surface area contributed by atoms with Crippen molar-refractivity contribution in [3.63, 3.8) is 0 Å². The van der Waals surface area contributed by atoms with E-state index in [1.807, 2.05) is 23.5 Å². The SMILES string of the molecule is CCSc1nc(SCC)c(SCC)[nH]1. The highest BCUT2D eigenvalue weighted by atomic mass is 32.2. The van der Waals surface area contributed by atoms with Gasteiger partial charge in [-0.15, -0.1) is 23.5 Å². The van der Waals surface area contributed by atoms with Crippen LogP contribution in [0, 0.1) is 0 Å². The molecular formula is C9H16N2S3. The van der Waals surface area contributed by atoms with E-state index in [1.54, 1.807) is 11.8 Å². The zero-order valence-electron chi connectivity index (χ0n) is 8.79. The summed E-state index contributed by atoms with van der Waals surface area (Å²) in [6.07, 6.45) is 0. The summed E-state index contributed by atoms with van der Waals surface area (Å²) in [5, 5.41) is 3.45. The van der Waals surface area contributed by atoms with Gasteiger partial charge in [-0.1, -0.05) is 32.5 Å². The van der Waals surface area contributed by atoms with Crippen LogP contribution in [0.5, 0.6) is 0 Å². The van der Waals surface area contributed by atoms with Gasteiger partial charge < -0.3 is 4.98 Å². The number of rotatable bonds is 6. The Morgan fingerprint density at radius 2 is 1.64 bits per heavy atom. The number of nitrogens with zero attached hydrogens (tertiary/aromatic N) is 1. The maximum atomic E-state index is 4.56. The molecule has 1 aromatic rings. The number of imidazole rings is 1. The summed E-state index contributed by atoms with van der Waals surface area (Å²) in [6, 6.07) is 0. The van der Waals surface area contributed by atoms with E-state index in [-0.39, 0.29) is 0 Å². The van der Waals surface area contributed by atoms with Crippen molar-refractivity contribution in [3.05, 3.63) is 0 Å². The number of hydrogen-bond donors (Lipinski definition) is 1. The van der Waals surface area contributed by atoms with Gasteiger partial charge in [0.1, 0.15) is 10.1 Å². The summed E-state index contributed by atoms with van der Waals surface area (Å²) in [7, 11) is 0. The van der Waals surface area contributed by atoms with E-state index in [0.717, 1.165) is 27.4 Å². The number of H-pyrrole nitrogens is 1. The standard InChI is InChI=1S/C9H16N2S3/c1-4-12-7-8(13-5-2)11-9(10-7)14-6-3/h4-6H2,1-3H3,(H,10,11). The smallest absolute Gasteiger partial charge is 0.167 e. The largest absolute Gasteiger partial charge is 0.327 e. The van der Waals surface area contributed by atoms with Crippen molar-refractivity contribution in [1.29, 1.82) is 0 Å². The molecule has 0 amide bonds. The third-order valence-electron chi connectivity index (χ3n) is 1.47. The molecule has 1 heterocycles. The normalized spacial score (nSPS) is 10.8. The summed E-state index contributed by atoms with van der Waals surface area (Å²) in [6.45, 7) is 6.47. The number of nitrogens with one attached hydrogen (secondary N) is 1. The van der Waals surface area contributed by atoms with E-state index in [9.17, 15) is 0 Å². The summed E-state index contributed by atoms with van der Waals surface area (Å²) in [5.74, 6) is 3.24. The van der Waals surface area contributed by atoms with E-state index in [1.165, 1.54) is 5.03 Å². The van der Waals surface area contributed by atoms with E-state index >= 15 is 0 Å². The Morgan fingerprint density at radius 1 is 1.00 bits per heavy atom. The first-order chi connectivity index (χ1) is 6.81. The average Bonchev–Trinajstić information content (AvgIpc) is 2.50. The molecule has 1 aromatic heterocycles. The van der Waals surface area contributed by atoms with Crippen molar-refractivity contribution in [2.45, 2.75) is 36.0 Å². The predicted molar refractivity (Wildman–Crippen MR) is 67.8 cm³/mol. The fourth-order valence-corrected chi connectivity index (χ4v) is 3.32. The van der Waals surface area contributed by atoms with Gasteiger partial charge in [-0.25, -0.2) is 4.98 Å². The van der Waals surface area contributed by atoms with Crippen LogP contribution in [0.4, 0.5) is 0 Å². The molecule has 0 unspecified atom stereocenters. The molecule has 2 nitrogen and oxygen atoms in total. The van der Waals surface area contributed by atoms with Gasteiger partial charge in [0, 0.05) is 0 Å². The minimum absolute atomic E-state index is 1.06. The lowest BCUT2D eigenvalue weighted by atomic mass is 10.9. The van der Waals surface area contributed by atoms with Crippen LogP contribution >= 0.6 is 35.3 Å². The van der Waals surface area contributed by atoms with Crippen molar-refractivity contribution >= 4 is 35.3 Å². The van der Waals surface area contributed by atoms with Crippen molar-refractivity contribution in [1.82, 2.24) is 9.97 Å². The van der Waals surface area contributed by atoms with Crippen LogP contribution in [-0.2, 0) is 0 Å². The number of aromatic nitrogens is 2. The molecule has 0 aromatic carbocycles. The molecule has 0 atom stereocenters. The highest BCUT2D eigenvalue weighted by molar-refractivity contribution is 8.02. The molecule has 1 N–H and O–H groups in total. The average molecular weight is 248 g/mol. The van der Waals surface area contributed by atoms with Gasteiger partial charge in [0.25, 0.3) is 0 Å². The van der Waals surface area contributed by atoms with E-state index in [4.69, 9.17) is 0 Å². The van der Waals surface area contributed by atoms with E-state index < -0.39 is 0 Å². The van der Waals surface area contributed by atoms with Crippen LogP contribution in [0.3, 0.4) is 0 Å². The van der Waals surface area contributed by atoms with Crippen molar-refractivity contribution in [2.75, 3.05) is 17.3 Å². The zero-order valence-corrected chi connectivity index (χ0v) is 11.2. The highest BCUT2D eigenvalue weighted by Crippen LogP contribution is 2.31. The minimum atomic E-state index is 1.06. The van der Waals surface area contributed by atoms with Gasteiger partial charge in [0.15, 0.2) is 5.16 Å². The number of aromatic amines is 1. The molecule has 14 heavy (non-hydrogen) atoms. The highest BCUT2D eigenvalue weighted by Gasteiger charge is 2.09. The molecule has 0 fully saturated rings. The minimum Gasteiger partial charge on any atom is -0.327 e. The van der Waals surface area contributed by atoms with Crippen LogP contribution < -0.4 is 0 Å². The molecule has 80 valence electrons. The van der Waals surface area contributed by atoms with E-state index in [0.29, 0.717) is 0 Å². The molecule has 0 aliphatic heterocycles. The van der Waals surface area contributed by atoms with Crippen molar-refractivity contribution in [3.8, 4) is 0 Å². The molecule has 0 saturated carbocycles. The molecular weight excluding hydrogens is 232 g/mol. The van der Waals surface area contributed by atoms with Crippen molar-refractivity contribution in [2.24, 2.45) is 0 Å². The zero-order chi connectivity index (χ0) is 10.4. The third-order valence-corrected chi connectivity index (χ3v) is 4.08. The van der Waals surface area contributed by atoms with E-state index in [2.05, 4.69) is 30.7 Å². The lowest BCUT2D eigenvalue weighted by molar-refractivity contribution is 1.01. The van der Waals surface area contributed by atoms with Gasteiger partial charge in [0.2, 0.25) is 0 Å². The Balaban J connectivity index is 2.76. The van der Waals surface area contributed by atoms with Crippen LogP contribution in [0.15, 0.2) is 15.2 Å². The maximum Gasteiger partial charge on any atom is 0.167 e. The molecule has 0 spiro atoms. The van der Waals surface area contributed by atoms with Crippen LogP contribution in [0.1, 0.15) is 20.8 Å². The Kier molecular flexibility index (Phi) is 5.89. The fourth-order valence-electron chi connectivity index (χ4n) is 1.00.